The van der Waals surface area contributed by atoms with Gasteiger partial charge >= 0.3 is 51.4 Å². The molecule has 0 aliphatic rings. The van der Waals surface area contributed by atoms with Crippen molar-refractivity contribution in [3.63, 3.8) is 0 Å². The van der Waals surface area contributed by atoms with Gasteiger partial charge in [-0.05, 0) is 42.5 Å². The van der Waals surface area contributed by atoms with Gasteiger partial charge in [0.1, 0.15) is 11.5 Å². The van der Waals surface area contributed by atoms with Crippen LogP contribution in [0.4, 0.5) is 0 Å². The Kier molecular flexibility index (Phi) is 6.62. The van der Waals surface area contributed by atoms with Crippen LogP contribution in [0.1, 0.15) is 13.9 Å². The SMILES string of the molecule is CC(N)Cc1ccc(Oc2cccc3ccccc23)cc1.[H-].[K+]. The number of fused-ring (bicyclic) bond motifs is 1. The summed E-state index contributed by atoms with van der Waals surface area (Å²) in [6, 6.07) is 22.7. The van der Waals surface area contributed by atoms with Gasteiger partial charge in [0.05, 0.1) is 0 Å². The van der Waals surface area contributed by atoms with E-state index in [9.17, 15) is 0 Å². The van der Waals surface area contributed by atoms with Crippen LogP contribution in [0.25, 0.3) is 10.8 Å². The molecule has 0 aromatic heterocycles. The van der Waals surface area contributed by atoms with E-state index in [4.69, 9.17) is 10.5 Å². The van der Waals surface area contributed by atoms with Crippen molar-refractivity contribution < 1.29 is 57.5 Å². The average molecular weight is 317 g/mol. The molecule has 0 heterocycles. The molecule has 0 bridgehead atoms. The minimum Gasteiger partial charge on any atom is -1.00 e. The molecule has 3 aromatic rings. The van der Waals surface area contributed by atoms with Crippen LogP contribution in [-0.4, -0.2) is 6.04 Å². The van der Waals surface area contributed by atoms with E-state index in [0.717, 1.165) is 23.3 Å². The zero-order valence-corrected chi connectivity index (χ0v) is 16.2. The maximum atomic E-state index is 6.02. The summed E-state index contributed by atoms with van der Waals surface area (Å²) in [6.07, 6.45) is 0.883. The first-order valence-corrected chi connectivity index (χ1v) is 7.22. The first-order chi connectivity index (χ1) is 10.2. The third-order valence-electron chi connectivity index (χ3n) is 3.46. The molecule has 0 fully saturated rings. The van der Waals surface area contributed by atoms with E-state index in [1.165, 1.54) is 10.9 Å². The van der Waals surface area contributed by atoms with E-state index >= 15 is 0 Å². The second kappa shape index (κ2) is 8.25. The van der Waals surface area contributed by atoms with E-state index in [-0.39, 0.29) is 58.9 Å². The second-order valence-corrected chi connectivity index (χ2v) is 5.40. The summed E-state index contributed by atoms with van der Waals surface area (Å²) in [7, 11) is 0. The molecular weight excluding hydrogens is 297 g/mol. The summed E-state index contributed by atoms with van der Waals surface area (Å²) >= 11 is 0. The van der Waals surface area contributed by atoms with E-state index < -0.39 is 0 Å². The topological polar surface area (TPSA) is 35.2 Å². The normalized spacial score (nSPS) is 11.7. The fourth-order valence-corrected chi connectivity index (χ4v) is 2.48. The molecule has 0 saturated heterocycles. The number of benzene rings is 3. The van der Waals surface area contributed by atoms with Crippen molar-refractivity contribution in [3.8, 4) is 11.5 Å². The summed E-state index contributed by atoms with van der Waals surface area (Å²) in [5.41, 5.74) is 7.05. The van der Waals surface area contributed by atoms with Crippen molar-refractivity contribution in [1.82, 2.24) is 0 Å². The molecular formula is C19H20KNO. The van der Waals surface area contributed by atoms with Crippen molar-refractivity contribution >= 4 is 10.8 Å². The van der Waals surface area contributed by atoms with Crippen LogP contribution in [0.2, 0.25) is 0 Å². The maximum absolute atomic E-state index is 6.02. The van der Waals surface area contributed by atoms with Gasteiger partial charge in [0.2, 0.25) is 0 Å². The van der Waals surface area contributed by atoms with Crippen molar-refractivity contribution in [1.29, 1.82) is 0 Å². The third kappa shape index (κ3) is 4.41. The standard InChI is InChI=1S/C19H19NO.K.H/c1-14(20)13-15-9-11-17(12-10-15)21-19-8-4-6-16-5-2-3-7-18(16)19;;/h2-12,14H,13,20H2,1H3;;/q;+1;-1. The van der Waals surface area contributed by atoms with Gasteiger partial charge in [-0.2, -0.15) is 0 Å². The molecule has 1 unspecified atom stereocenters. The van der Waals surface area contributed by atoms with Crippen LogP contribution in [-0.2, 0) is 6.42 Å². The third-order valence-corrected chi connectivity index (χ3v) is 3.46. The van der Waals surface area contributed by atoms with Gasteiger partial charge in [-0.15, -0.1) is 0 Å². The van der Waals surface area contributed by atoms with Gasteiger partial charge in [-0.25, -0.2) is 0 Å². The molecule has 0 aliphatic heterocycles. The average Bonchev–Trinajstić information content (AvgIpc) is 2.49. The number of rotatable bonds is 4. The maximum Gasteiger partial charge on any atom is 1.00 e. The van der Waals surface area contributed by atoms with Crippen LogP contribution in [0.5, 0.6) is 11.5 Å². The Morgan fingerprint density at radius 2 is 1.64 bits per heavy atom. The summed E-state index contributed by atoms with van der Waals surface area (Å²) in [5, 5.41) is 2.31. The Morgan fingerprint density at radius 1 is 0.955 bits per heavy atom. The van der Waals surface area contributed by atoms with Crippen molar-refractivity contribution in [2.75, 3.05) is 0 Å². The van der Waals surface area contributed by atoms with Crippen molar-refractivity contribution in [3.05, 3.63) is 72.3 Å². The predicted octanol–water partition coefficient (Wildman–Crippen LogP) is 1.64. The van der Waals surface area contributed by atoms with Gasteiger partial charge in [-0.3, -0.25) is 0 Å². The smallest absolute Gasteiger partial charge is 1.00 e. The molecule has 0 amide bonds. The molecule has 0 saturated carbocycles. The molecule has 3 rings (SSSR count). The van der Waals surface area contributed by atoms with E-state index in [0.29, 0.717) is 0 Å². The Balaban J connectivity index is 0.00000132. The molecule has 2 nitrogen and oxygen atoms in total. The van der Waals surface area contributed by atoms with Crippen molar-refractivity contribution in [2.24, 2.45) is 5.73 Å². The molecule has 108 valence electrons. The minimum absolute atomic E-state index is 0. The van der Waals surface area contributed by atoms with E-state index in [1.807, 2.05) is 43.3 Å². The zero-order chi connectivity index (χ0) is 14.7. The number of hydrogen-bond donors (Lipinski definition) is 1. The van der Waals surface area contributed by atoms with Gasteiger partial charge in [0.25, 0.3) is 0 Å². The number of nitrogens with two attached hydrogens (primary N) is 1. The fraction of sp³-hybridized carbons (Fsp3) is 0.158. The Labute approximate surface area is 175 Å². The van der Waals surface area contributed by atoms with Crippen LogP contribution in [0.15, 0.2) is 66.7 Å². The Morgan fingerprint density at radius 3 is 2.36 bits per heavy atom. The van der Waals surface area contributed by atoms with Crippen LogP contribution < -0.4 is 61.9 Å². The van der Waals surface area contributed by atoms with Crippen LogP contribution in [0, 0.1) is 0 Å². The minimum atomic E-state index is 0. The zero-order valence-electron chi connectivity index (χ0n) is 14.1. The quantitative estimate of drug-likeness (QED) is 0.743. The largest absolute Gasteiger partial charge is 1.00 e. The summed E-state index contributed by atoms with van der Waals surface area (Å²) in [6.45, 7) is 2.01. The van der Waals surface area contributed by atoms with Gasteiger partial charge in [-0.1, -0.05) is 48.5 Å². The molecule has 3 heteroatoms. The molecule has 0 radical (unpaired) electrons. The number of hydrogen-bond acceptors (Lipinski definition) is 2. The second-order valence-electron chi connectivity index (χ2n) is 5.40. The molecule has 3 aromatic carbocycles. The van der Waals surface area contributed by atoms with Gasteiger partial charge < -0.3 is 11.9 Å². The van der Waals surface area contributed by atoms with E-state index in [2.05, 4.69) is 30.3 Å². The molecule has 0 aliphatic carbocycles. The number of ether oxygens (including phenoxy) is 1. The molecule has 2 N–H and O–H groups in total. The Hall–Kier alpha value is -0.684. The fourth-order valence-electron chi connectivity index (χ4n) is 2.48. The molecule has 22 heavy (non-hydrogen) atoms. The van der Waals surface area contributed by atoms with E-state index in [1.54, 1.807) is 0 Å². The van der Waals surface area contributed by atoms with Crippen LogP contribution >= 0.6 is 0 Å². The summed E-state index contributed by atoms with van der Waals surface area (Å²) in [5.74, 6) is 1.73. The summed E-state index contributed by atoms with van der Waals surface area (Å²) in [4.78, 5) is 0. The monoisotopic (exact) mass is 317 g/mol. The molecule has 1 atom stereocenters. The molecule has 0 spiro atoms. The van der Waals surface area contributed by atoms with Crippen LogP contribution in [0.3, 0.4) is 0 Å². The van der Waals surface area contributed by atoms with Gasteiger partial charge in [0, 0.05) is 11.4 Å². The van der Waals surface area contributed by atoms with Gasteiger partial charge in [0.15, 0.2) is 0 Å². The summed E-state index contributed by atoms with van der Waals surface area (Å²) < 4.78 is 6.02. The van der Waals surface area contributed by atoms with Crippen molar-refractivity contribution in [2.45, 2.75) is 19.4 Å². The predicted molar refractivity (Wildman–Crippen MR) is 88.9 cm³/mol. The first kappa shape index (κ1) is 17.7. The first-order valence-electron chi connectivity index (χ1n) is 7.22. The Bertz CT molecular complexity index is 738.